The largest absolute Gasteiger partial charge is 0.328 e. The third-order valence-electron chi connectivity index (χ3n) is 1.32. The van der Waals surface area contributed by atoms with E-state index in [1.54, 1.807) is 6.20 Å². The maximum Gasteiger partial charge on any atom is 0.0410 e. The molecule has 2 nitrogen and oxygen atoms in total. The fourth-order valence-electron chi connectivity index (χ4n) is 0.939. The van der Waals surface area contributed by atoms with Gasteiger partial charge in [-0.3, -0.25) is 4.98 Å². The van der Waals surface area contributed by atoms with E-state index in [4.69, 9.17) is 5.73 Å². The molecular weight excluding hydrogens is 204 g/mol. The molecule has 0 aromatic carbocycles. The summed E-state index contributed by atoms with van der Waals surface area (Å²) in [6.45, 7) is 1.99. The molecule has 0 saturated carbocycles. The minimum Gasteiger partial charge on any atom is -0.328 e. The zero-order valence-corrected chi connectivity index (χ0v) is 8.01. The number of hydrogen-bond donors (Lipinski definition) is 1. The Kier molecular flexibility index (Phi) is 3.02. The summed E-state index contributed by atoms with van der Waals surface area (Å²) >= 11 is 3.35. The molecule has 1 rings (SSSR count). The Hall–Kier alpha value is -0.410. The first-order valence-electron chi connectivity index (χ1n) is 3.53. The maximum absolute atomic E-state index is 5.63. The molecule has 0 spiro atoms. The van der Waals surface area contributed by atoms with Crippen molar-refractivity contribution in [3.63, 3.8) is 0 Å². The number of halogens is 1. The Morgan fingerprint density at radius 1 is 1.64 bits per heavy atom. The average Bonchev–Trinajstić information content (AvgIpc) is 1.85. The Morgan fingerprint density at radius 2 is 2.36 bits per heavy atom. The van der Waals surface area contributed by atoms with Gasteiger partial charge in [-0.05, 0) is 40.9 Å². The Morgan fingerprint density at radius 3 is 2.91 bits per heavy atom. The van der Waals surface area contributed by atoms with Crippen LogP contribution in [0.25, 0.3) is 0 Å². The van der Waals surface area contributed by atoms with Gasteiger partial charge in [-0.1, -0.05) is 0 Å². The van der Waals surface area contributed by atoms with Crippen LogP contribution in [0.4, 0.5) is 0 Å². The molecule has 0 saturated heterocycles. The summed E-state index contributed by atoms with van der Waals surface area (Å²) < 4.78 is 1.01. The van der Waals surface area contributed by atoms with Crippen LogP contribution in [0.2, 0.25) is 0 Å². The molecule has 60 valence electrons. The summed E-state index contributed by atoms with van der Waals surface area (Å²) in [5, 5.41) is 0. The highest BCUT2D eigenvalue weighted by atomic mass is 79.9. The molecule has 11 heavy (non-hydrogen) atoms. The van der Waals surface area contributed by atoms with Gasteiger partial charge in [0.05, 0.1) is 0 Å². The van der Waals surface area contributed by atoms with Gasteiger partial charge in [-0.25, -0.2) is 0 Å². The van der Waals surface area contributed by atoms with Gasteiger partial charge in [-0.15, -0.1) is 0 Å². The van der Waals surface area contributed by atoms with Crippen LogP contribution in [-0.2, 0) is 6.42 Å². The van der Waals surface area contributed by atoms with E-state index in [0.717, 1.165) is 10.9 Å². The van der Waals surface area contributed by atoms with Crippen molar-refractivity contribution in [3.8, 4) is 0 Å². The topological polar surface area (TPSA) is 38.9 Å². The van der Waals surface area contributed by atoms with Crippen molar-refractivity contribution in [2.45, 2.75) is 19.4 Å². The summed E-state index contributed by atoms with van der Waals surface area (Å²) in [5.74, 6) is 0. The van der Waals surface area contributed by atoms with Crippen molar-refractivity contribution in [3.05, 3.63) is 28.5 Å². The lowest BCUT2D eigenvalue weighted by Gasteiger charge is -2.03. The summed E-state index contributed by atoms with van der Waals surface area (Å²) in [5.41, 5.74) is 6.81. The second kappa shape index (κ2) is 3.83. The fraction of sp³-hybridized carbons (Fsp3) is 0.375. The molecular formula is C8H11BrN2. The van der Waals surface area contributed by atoms with E-state index in [2.05, 4.69) is 20.9 Å². The molecule has 1 unspecified atom stereocenters. The number of nitrogens with two attached hydrogens (primary N) is 1. The standard InChI is InChI=1S/C8H11BrN2/c1-6(10)2-7-3-8(9)5-11-4-7/h3-6H,2,10H2,1H3. The molecule has 1 atom stereocenters. The molecule has 1 aromatic heterocycles. The molecule has 1 aromatic rings. The number of pyridine rings is 1. The van der Waals surface area contributed by atoms with Crippen LogP contribution >= 0.6 is 15.9 Å². The van der Waals surface area contributed by atoms with Crippen LogP contribution in [0.1, 0.15) is 12.5 Å². The molecule has 1 heterocycles. The molecule has 0 bridgehead atoms. The van der Waals surface area contributed by atoms with E-state index in [0.29, 0.717) is 0 Å². The molecule has 2 N–H and O–H groups in total. The zero-order chi connectivity index (χ0) is 8.27. The molecule has 0 radical (unpaired) electrons. The van der Waals surface area contributed by atoms with E-state index in [1.165, 1.54) is 5.56 Å². The normalized spacial score (nSPS) is 13.0. The Balaban J connectivity index is 2.71. The SMILES string of the molecule is CC(N)Cc1cncc(Br)c1. The first kappa shape index (κ1) is 8.68. The van der Waals surface area contributed by atoms with Crippen molar-refractivity contribution in [2.24, 2.45) is 5.73 Å². The molecule has 3 heteroatoms. The number of nitrogens with zero attached hydrogens (tertiary/aromatic N) is 1. The van der Waals surface area contributed by atoms with Crippen molar-refractivity contribution in [2.75, 3.05) is 0 Å². The van der Waals surface area contributed by atoms with Crippen molar-refractivity contribution in [1.82, 2.24) is 4.98 Å². The lowest BCUT2D eigenvalue weighted by molar-refractivity contribution is 0.735. The van der Waals surface area contributed by atoms with Gasteiger partial charge in [0.2, 0.25) is 0 Å². The monoisotopic (exact) mass is 214 g/mol. The third-order valence-corrected chi connectivity index (χ3v) is 1.75. The summed E-state index contributed by atoms with van der Waals surface area (Å²) in [7, 11) is 0. The van der Waals surface area contributed by atoms with Crippen LogP contribution in [-0.4, -0.2) is 11.0 Å². The number of hydrogen-bond acceptors (Lipinski definition) is 2. The second-order valence-corrected chi connectivity index (χ2v) is 3.61. The number of aromatic nitrogens is 1. The van der Waals surface area contributed by atoms with Crippen LogP contribution < -0.4 is 5.73 Å². The van der Waals surface area contributed by atoms with Crippen molar-refractivity contribution >= 4 is 15.9 Å². The highest BCUT2D eigenvalue weighted by molar-refractivity contribution is 9.10. The smallest absolute Gasteiger partial charge is 0.0410 e. The van der Waals surface area contributed by atoms with Gasteiger partial charge >= 0.3 is 0 Å². The van der Waals surface area contributed by atoms with E-state index in [1.807, 2.05) is 19.2 Å². The first-order valence-corrected chi connectivity index (χ1v) is 4.33. The minimum atomic E-state index is 0.200. The quantitative estimate of drug-likeness (QED) is 0.815. The lowest BCUT2D eigenvalue weighted by atomic mass is 10.1. The highest BCUT2D eigenvalue weighted by Crippen LogP contribution is 2.10. The molecule has 0 fully saturated rings. The van der Waals surface area contributed by atoms with Gasteiger partial charge in [0.25, 0.3) is 0 Å². The van der Waals surface area contributed by atoms with Crippen LogP contribution in [0.3, 0.4) is 0 Å². The van der Waals surface area contributed by atoms with E-state index in [-0.39, 0.29) is 6.04 Å². The van der Waals surface area contributed by atoms with Crippen LogP contribution in [0.15, 0.2) is 22.9 Å². The molecule has 0 aliphatic rings. The van der Waals surface area contributed by atoms with Gasteiger partial charge in [0, 0.05) is 22.9 Å². The van der Waals surface area contributed by atoms with Crippen molar-refractivity contribution < 1.29 is 0 Å². The van der Waals surface area contributed by atoms with E-state index >= 15 is 0 Å². The van der Waals surface area contributed by atoms with Gasteiger partial charge < -0.3 is 5.73 Å². The van der Waals surface area contributed by atoms with Gasteiger partial charge in [0.15, 0.2) is 0 Å². The first-order chi connectivity index (χ1) is 5.18. The van der Waals surface area contributed by atoms with Gasteiger partial charge in [0.1, 0.15) is 0 Å². The summed E-state index contributed by atoms with van der Waals surface area (Å²) in [6.07, 6.45) is 4.49. The molecule has 0 aliphatic heterocycles. The van der Waals surface area contributed by atoms with Crippen molar-refractivity contribution in [1.29, 1.82) is 0 Å². The molecule has 0 aliphatic carbocycles. The lowest BCUT2D eigenvalue weighted by Crippen LogP contribution is -2.17. The predicted molar refractivity (Wildman–Crippen MR) is 49.3 cm³/mol. The number of rotatable bonds is 2. The highest BCUT2D eigenvalue weighted by Gasteiger charge is 1.97. The minimum absolute atomic E-state index is 0.200. The van der Waals surface area contributed by atoms with Crippen LogP contribution in [0.5, 0.6) is 0 Å². The fourth-order valence-corrected chi connectivity index (χ4v) is 1.35. The average molecular weight is 215 g/mol. The summed E-state index contributed by atoms with van der Waals surface area (Å²) in [6, 6.07) is 2.24. The van der Waals surface area contributed by atoms with Crippen LogP contribution in [0, 0.1) is 0 Å². The van der Waals surface area contributed by atoms with E-state index < -0.39 is 0 Å². The zero-order valence-electron chi connectivity index (χ0n) is 6.42. The Bertz CT molecular complexity index is 235. The molecule has 0 amide bonds. The third kappa shape index (κ3) is 2.99. The maximum atomic E-state index is 5.63. The predicted octanol–water partition coefficient (Wildman–Crippen LogP) is 1.73. The second-order valence-electron chi connectivity index (χ2n) is 2.69. The summed E-state index contributed by atoms with van der Waals surface area (Å²) in [4.78, 5) is 4.03. The van der Waals surface area contributed by atoms with E-state index in [9.17, 15) is 0 Å². The Labute approximate surface area is 75.0 Å². The van der Waals surface area contributed by atoms with Gasteiger partial charge in [-0.2, -0.15) is 0 Å².